The number of aromatic carboxylic acids is 1. The second-order valence-corrected chi connectivity index (χ2v) is 9.98. The van der Waals surface area contributed by atoms with Gasteiger partial charge in [-0.25, -0.2) is 9.78 Å². The molecule has 0 aliphatic carbocycles. The Morgan fingerprint density at radius 1 is 0.857 bits per heavy atom. The van der Waals surface area contributed by atoms with E-state index >= 15 is 0 Å². The highest BCUT2D eigenvalue weighted by molar-refractivity contribution is 6.54. The van der Waals surface area contributed by atoms with E-state index in [1.165, 1.54) is 62.5 Å². The molecule has 2 aromatic rings. The maximum absolute atomic E-state index is 13.3. The highest BCUT2D eigenvalue weighted by atomic mass is 35.5. The fourth-order valence-corrected chi connectivity index (χ4v) is 4.99. The zero-order chi connectivity index (χ0) is 25.5. The van der Waals surface area contributed by atoms with Gasteiger partial charge in [0, 0.05) is 12.3 Å². The molecule has 0 fully saturated rings. The number of rotatable bonds is 14. The van der Waals surface area contributed by atoms with Crippen LogP contribution in [-0.2, 0) is 0 Å². The summed E-state index contributed by atoms with van der Waals surface area (Å²) in [6, 6.07) is 1.67. The Hall–Kier alpha value is -1.73. The number of nitrogens with zero attached hydrogens (tertiary/aromatic N) is 2. The van der Waals surface area contributed by atoms with Gasteiger partial charge in [-0.3, -0.25) is 9.69 Å². The van der Waals surface area contributed by atoms with Gasteiger partial charge in [0.25, 0.3) is 5.91 Å². The summed E-state index contributed by atoms with van der Waals surface area (Å²) in [5.74, 6) is -1.30. The second-order valence-electron chi connectivity index (χ2n) is 8.46. The molecule has 10 heteroatoms. The molecule has 0 atom stereocenters. The number of halogens is 4. The fourth-order valence-electron chi connectivity index (χ4n) is 3.98. The molecule has 3 rings (SSSR count). The normalized spacial score (nSPS) is 12.0. The van der Waals surface area contributed by atoms with Gasteiger partial charge in [0.05, 0.1) is 37.8 Å². The van der Waals surface area contributed by atoms with E-state index < -0.39 is 17.4 Å². The molecular formula is C25H28Cl4N2O4. The van der Waals surface area contributed by atoms with Crippen LogP contribution in [0, 0.1) is 0 Å². The van der Waals surface area contributed by atoms with Crippen LogP contribution in [0.4, 0.5) is 11.5 Å². The number of carbonyl (C=O) groups is 2. The van der Waals surface area contributed by atoms with E-state index in [0.717, 1.165) is 12.8 Å². The van der Waals surface area contributed by atoms with Crippen LogP contribution >= 0.6 is 46.4 Å². The molecule has 1 aromatic heterocycles. The third-order valence-electron chi connectivity index (χ3n) is 5.91. The summed E-state index contributed by atoms with van der Waals surface area (Å²) in [6.45, 7) is 2.74. The first-order chi connectivity index (χ1) is 16.8. The Morgan fingerprint density at radius 3 is 1.97 bits per heavy atom. The van der Waals surface area contributed by atoms with Gasteiger partial charge in [0.2, 0.25) is 0 Å². The third-order valence-corrected chi connectivity index (χ3v) is 7.71. The molecule has 190 valence electrons. The summed E-state index contributed by atoms with van der Waals surface area (Å²) in [7, 11) is 0. The number of hydrogen-bond donors (Lipinski definition) is 1. The predicted octanol–water partition coefficient (Wildman–Crippen LogP) is 8.99. The van der Waals surface area contributed by atoms with Gasteiger partial charge in [-0.2, -0.15) is 0 Å². The molecule has 35 heavy (non-hydrogen) atoms. The van der Waals surface area contributed by atoms with Crippen molar-refractivity contribution < 1.29 is 19.4 Å². The van der Waals surface area contributed by atoms with Gasteiger partial charge < -0.3 is 9.84 Å². The molecule has 1 aliphatic rings. The van der Waals surface area contributed by atoms with Crippen LogP contribution in [-0.4, -0.2) is 28.6 Å². The van der Waals surface area contributed by atoms with Crippen molar-refractivity contribution in [3.63, 3.8) is 0 Å². The van der Waals surface area contributed by atoms with Crippen molar-refractivity contribution in [3.05, 3.63) is 43.5 Å². The minimum atomic E-state index is -1.45. The second kappa shape index (κ2) is 13.0. The minimum absolute atomic E-state index is 0.192. The lowest BCUT2D eigenvalue weighted by molar-refractivity contribution is 0.0692. The summed E-state index contributed by atoms with van der Waals surface area (Å²) in [6.07, 6.45) is 13.8. The zero-order valence-electron chi connectivity index (χ0n) is 19.5. The van der Waals surface area contributed by atoms with Crippen LogP contribution in [0.15, 0.2) is 12.3 Å². The molecule has 0 bridgehead atoms. The molecule has 0 spiro atoms. The van der Waals surface area contributed by atoms with Crippen LogP contribution in [0.5, 0.6) is 5.75 Å². The number of benzene rings is 1. The van der Waals surface area contributed by atoms with Crippen molar-refractivity contribution in [1.29, 1.82) is 0 Å². The standard InChI is InChI=1S/C25H28Cl4N2O4/c1-2-3-4-5-6-7-8-9-10-11-14-35-15-12-13-30-23-22(15)31(23)24(32)16-17(25(33)34)19(27)21(29)20(28)18(16)26/h12-13H,2-11,14H2,1H3,(H,33,34). The van der Waals surface area contributed by atoms with Gasteiger partial charge in [-0.05, 0) is 6.42 Å². The smallest absolute Gasteiger partial charge is 0.338 e. The van der Waals surface area contributed by atoms with Crippen molar-refractivity contribution >= 4 is 69.8 Å². The average molecular weight is 562 g/mol. The van der Waals surface area contributed by atoms with Crippen molar-refractivity contribution in [2.24, 2.45) is 0 Å². The molecule has 1 N–H and O–H groups in total. The Balaban J connectivity index is 1.56. The van der Waals surface area contributed by atoms with Crippen molar-refractivity contribution in [3.8, 4) is 5.75 Å². The van der Waals surface area contributed by atoms with Gasteiger partial charge in [-0.1, -0.05) is 111 Å². The monoisotopic (exact) mass is 560 g/mol. The number of carboxylic acid groups (broad SMARTS) is 1. The molecule has 6 nitrogen and oxygen atoms in total. The quantitative estimate of drug-likeness (QED) is 0.108. The molecular weight excluding hydrogens is 534 g/mol. The third kappa shape index (κ3) is 6.53. The lowest BCUT2D eigenvalue weighted by Gasteiger charge is -2.13. The molecule has 1 aliphatic heterocycles. The summed E-state index contributed by atoms with van der Waals surface area (Å²) >= 11 is 24.4. The highest BCUT2D eigenvalue weighted by Gasteiger charge is 2.44. The number of carboxylic acids is 1. The lowest BCUT2D eigenvalue weighted by Crippen LogP contribution is -2.19. The van der Waals surface area contributed by atoms with E-state index in [2.05, 4.69) is 11.9 Å². The molecule has 0 saturated carbocycles. The molecule has 0 unspecified atom stereocenters. The highest BCUT2D eigenvalue weighted by Crippen LogP contribution is 2.54. The number of hydrogen-bond acceptors (Lipinski definition) is 4. The topological polar surface area (TPSA) is 79.5 Å². The van der Waals surface area contributed by atoms with Crippen LogP contribution in [0.1, 0.15) is 91.8 Å². The number of pyridine rings is 1. The van der Waals surface area contributed by atoms with Gasteiger partial charge in [0.15, 0.2) is 5.82 Å². The maximum Gasteiger partial charge on any atom is 0.338 e. The molecule has 0 saturated heterocycles. The average Bonchev–Trinajstić information content (AvgIpc) is 3.58. The Kier molecular flexibility index (Phi) is 10.3. The van der Waals surface area contributed by atoms with Gasteiger partial charge in [0.1, 0.15) is 11.4 Å². The molecule has 2 heterocycles. The number of aromatic nitrogens is 1. The fraction of sp³-hybridized carbons (Fsp3) is 0.480. The number of amides is 1. The molecule has 1 aromatic carbocycles. The van der Waals surface area contributed by atoms with E-state index in [4.69, 9.17) is 51.1 Å². The summed E-state index contributed by atoms with van der Waals surface area (Å²) in [4.78, 5) is 30.5. The zero-order valence-corrected chi connectivity index (χ0v) is 22.5. The van der Waals surface area contributed by atoms with Crippen LogP contribution < -0.4 is 9.64 Å². The summed E-state index contributed by atoms with van der Waals surface area (Å²) in [5, 5.41) is 8.57. The van der Waals surface area contributed by atoms with Crippen LogP contribution in [0.2, 0.25) is 20.1 Å². The van der Waals surface area contributed by atoms with E-state index in [1.54, 1.807) is 6.07 Å². The number of unbranched alkanes of at least 4 members (excludes halogenated alkanes) is 9. The summed E-state index contributed by atoms with van der Waals surface area (Å²) < 4.78 is 5.90. The van der Waals surface area contributed by atoms with Gasteiger partial charge >= 0.3 is 5.97 Å². The Bertz CT molecular complexity index is 1090. The van der Waals surface area contributed by atoms with Gasteiger partial charge in [-0.15, -0.1) is 0 Å². The first-order valence-corrected chi connectivity index (χ1v) is 13.4. The molecule has 1 amide bonds. The number of fused-ring (bicyclic) bond motifs is 1. The Labute approximate surface area is 225 Å². The molecule has 0 radical (unpaired) electrons. The van der Waals surface area contributed by atoms with Crippen LogP contribution in [0.25, 0.3) is 0 Å². The van der Waals surface area contributed by atoms with Crippen LogP contribution in [0.3, 0.4) is 0 Å². The number of ether oxygens (including phenoxy) is 1. The van der Waals surface area contributed by atoms with Crippen molar-refractivity contribution in [2.75, 3.05) is 11.5 Å². The van der Waals surface area contributed by atoms with E-state index in [0.29, 0.717) is 23.9 Å². The SMILES string of the molecule is CCCCCCCCCCCCOc1ccnc2c1N2C(=O)c1c(Cl)c(Cl)c(Cl)c(Cl)c1C(=O)O. The van der Waals surface area contributed by atoms with E-state index in [1.807, 2.05) is 0 Å². The maximum atomic E-state index is 13.3. The summed E-state index contributed by atoms with van der Waals surface area (Å²) in [5.41, 5.74) is -0.391. The number of carbonyl (C=O) groups excluding carboxylic acids is 1. The predicted molar refractivity (Wildman–Crippen MR) is 141 cm³/mol. The lowest BCUT2D eigenvalue weighted by atomic mass is 10.1. The largest absolute Gasteiger partial charge is 0.491 e. The van der Waals surface area contributed by atoms with Crippen molar-refractivity contribution in [1.82, 2.24) is 4.98 Å². The van der Waals surface area contributed by atoms with Crippen molar-refractivity contribution in [2.45, 2.75) is 71.1 Å². The van der Waals surface area contributed by atoms with E-state index in [9.17, 15) is 14.7 Å². The first-order valence-electron chi connectivity index (χ1n) is 11.9. The number of anilines is 2. The Morgan fingerprint density at radius 2 is 1.40 bits per heavy atom. The van der Waals surface area contributed by atoms with E-state index in [-0.39, 0.29) is 25.7 Å². The first kappa shape index (κ1) is 27.9. The minimum Gasteiger partial charge on any atom is -0.491 e.